The Bertz CT molecular complexity index is 1690. The van der Waals surface area contributed by atoms with Gasteiger partial charge in [-0.15, -0.1) is 10.2 Å². The molecule has 3 aromatic rings. The third kappa shape index (κ3) is 16.4. The second kappa shape index (κ2) is 19.4. The topological polar surface area (TPSA) is 525 Å². The predicted molar refractivity (Wildman–Crippen MR) is 152 cm³/mol. The van der Waals surface area contributed by atoms with Gasteiger partial charge in [0, 0.05) is 0 Å². The van der Waals surface area contributed by atoms with Crippen molar-refractivity contribution in [2.75, 3.05) is 6.61 Å². The number of H-pyrrole nitrogens is 2. The van der Waals surface area contributed by atoms with Gasteiger partial charge in [0.05, 0.1) is 6.61 Å². The second-order valence-electron chi connectivity index (χ2n) is 8.37. The number of phosphoric ester groups is 2. The molecular formula is C17H26N14O18P2. The zero-order valence-electron chi connectivity index (χ0n) is 24.6. The number of primary amides is 2. The molecule has 1 fully saturated rings. The second-order valence-corrected chi connectivity index (χ2v) is 10.8. The van der Waals surface area contributed by atoms with Gasteiger partial charge in [0.25, 0.3) is 11.8 Å². The Morgan fingerprint density at radius 1 is 0.902 bits per heavy atom. The minimum Gasteiger partial charge on any atom is -0.475 e. The van der Waals surface area contributed by atoms with Gasteiger partial charge in [-0.25, -0.2) is 48.6 Å². The molecule has 0 spiro atoms. The fourth-order valence-corrected chi connectivity index (χ4v) is 3.28. The molecule has 1 aliphatic heterocycles. The Labute approximate surface area is 279 Å². The number of carbonyl (C=O) groups excluding carboxylic acids is 3. The van der Waals surface area contributed by atoms with Gasteiger partial charge in [0.1, 0.15) is 37.3 Å². The number of carboxylic acid groups (broad SMARTS) is 2. The Morgan fingerprint density at radius 3 is 1.84 bits per heavy atom. The van der Waals surface area contributed by atoms with Gasteiger partial charge < -0.3 is 56.7 Å². The molecular weight excluding hydrogens is 750 g/mol. The standard InChI is InChI=1S/C8H13N4O8P.C3H4N4O.C3H6N3O7P.C3H3N3O2/c9-6(15)7-10-2-12(11-7)8-5(14)4(13)3(20-8)1-19-21(16,17)18;4-2(8)3-5-1-6-7-3;4-1(2(7)8)5-6-3(9)13-14(10,11)12;7-3(8)2-4-1-5-6-2/h2-5,8,13-14H,1H2,(H2,9,15)(H2,16,17,18);1H,(H2,4,8)(H,5,6,7);(H2,4,5)(H,6,9)(H,7,8)(H2,10,11,12);1H,(H,7,8)(H,4,5,6)/t3-,4-,5-,8-;;;/m1.../s1. The van der Waals surface area contributed by atoms with Crippen LogP contribution in [0.2, 0.25) is 0 Å². The van der Waals surface area contributed by atoms with Crippen molar-refractivity contribution < 1.29 is 86.9 Å². The summed E-state index contributed by atoms with van der Waals surface area (Å²) in [7, 11) is -9.71. The number of aromatic amines is 2. The van der Waals surface area contributed by atoms with Crippen LogP contribution in [0.25, 0.3) is 0 Å². The van der Waals surface area contributed by atoms with Gasteiger partial charge >= 0.3 is 33.7 Å². The third-order valence-corrected chi connectivity index (χ3v) is 5.58. The zero-order chi connectivity index (χ0) is 39.1. The van der Waals surface area contributed by atoms with E-state index in [0.717, 1.165) is 17.3 Å². The number of aliphatic carboxylic acids is 1. The molecule has 51 heavy (non-hydrogen) atoms. The van der Waals surface area contributed by atoms with Crippen LogP contribution in [0.1, 0.15) is 38.1 Å². The van der Waals surface area contributed by atoms with Crippen LogP contribution in [0.4, 0.5) is 4.79 Å². The lowest BCUT2D eigenvalue weighted by molar-refractivity contribution is -0.129. The zero-order valence-corrected chi connectivity index (χ0v) is 26.4. The number of amides is 3. The number of ether oxygens (including phenoxy) is 1. The number of carbonyl (C=O) groups is 5. The van der Waals surface area contributed by atoms with E-state index in [4.69, 9.17) is 51.7 Å². The molecule has 282 valence electrons. The number of nitrogens with one attached hydrogen (secondary N) is 3. The minimum absolute atomic E-state index is 0.0880. The minimum atomic E-state index is -4.98. The summed E-state index contributed by atoms with van der Waals surface area (Å²) in [4.78, 5) is 95.1. The Balaban J connectivity index is 0.000000371. The fraction of sp³-hybridized carbons (Fsp3) is 0.294. The van der Waals surface area contributed by atoms with E-state index in [9.17, 15) is 43.3 Å². The molecule has 4 atom stereocenters. The maximum atomic E-state index is 10.9. The van der Waals surface area contributed by atoms with Gasteiger partial charge in [-0.1, -0.05) is 0 Å². The first-order valence-corrected chi connectivity index (χ1v) is 15.4. The monoisotopic (exact) mass is 776 g/mol. The molecule has 0 saturated carbocycles. The smallest absolute Gasteiger partial charge is 0.475 e. The number of carboxylic acids is 2. The van der Waals surface area contributed by atoms with Crippen LogP contribution in [0, 0.1) is 0 Å². The van der Waals surface area contributed by atoms with Crippen LogP contribution in [0.3, 0.4) is 0 Å². The first-order valence-electron chi connectivity index (χ1n) is 12.3. The average molecular weight is 776 g/mol. The normalized spacial score (nSPS) is 18.4. The summed E-state index contributed by atoms with van der Waals surface area (Å²) in [6, 6.07) is 0. The predicted octanol–water partition coefficient (Wildman–Crippen LogP) is -6.33. The Morgan fingerprint density at radius 2 is 1.47 bits per heavy atom. The number of aliphatic hydroxyl groups excluding tert-OH is 2. The number of amidine groups is 1. The summed E-state index contributed by atoms with van der Waals surface area (Å²) in [6.07, 6.45) is -3.52. The SMILES string of the molecule is N/C(=N\NC(=O)OP(=O)(O)O)C(=O)O.NC(=O)c1ncn([C@@H]2O[C@H](COP(=O)(O)O)[C@@H](O)[C@H]2O)n1.NC(=O)c1ncn[nH]1.O=C(O)c1ncn[nH]1. The number of aliphatic hydroxyl groups is 2. The number of phosphoric acid groups is 2. The fourth-order valence-electron chi connectivity index (χ4n) is 2.68. The van der Waals surface area contributed by atoms with Crippen LogP contribution in [0.5, 0.6) is 0 Å². The van der Waals surface area contributed by atoms with Crippen molar-refractivity contribution in [1.82, 2.24) is 50.6 Å². The summed E-state index contributed by atoms with van der Waals surface area (Å²) in [5, 5.41) is 53.4. The Hall–Kier alpha value is -5.82. The van der Waals surface area contributed by atoms with Crippen molar-refractivity contribution in [2.45, 2.75) is 24.5 Å². The lowest BCUT2D eigenvalue weighted by Gasteiger charge is -2.14. The molecule has 1 saturated heterocycles. The van der Waals surface area contributed by atoms with E-state index in [0.29, 0.717) is 0 Å². The van der Waals surface area contributed by atoms with E-state index in [-0.39, 0.29) is 17.5 Å². The van der Waals surface area contributed by atoms with Crippen LogP contribution in [0.15, 0.2) is 24.1 Å². The highest BCUT2D eigenvalue weighted by atomic mass is 31.2. The molecule has 0 radical (unpaired) electrons. The summed E-state index contributed by atoms with van der Waals surface area (Å²) in [6.45, 7) is -0.642. The van der Waals surface area contributed by atoms with E-state index >= 15 is 0 Å². The first kappa shape index (κ1) is 43.2. The van der Waals surface area contributed by atoms with Crippen molar-refractivity contribution in [3.8, 4) is 0 Å². The number of rotatable bonds is 9. The lowest BCUT2D eigenvalue weighted by Crippen LogP contribution is -2.33. The average Bonchev–Trinajstić information content (AvgIpc) is 3.84. The molecule has 0 bridgehead atoms. The highest BCUT2D eigenvalue weighted by Gasteiger charge is 2.45. The summed E-state index contributed by atoms with van der Waals surface area (Å²) < 4.78 is 34.4. The molecule has 4 rings (SSSR count). The van der Waals surface area contributed by atoms with E-state index in [2.05, 4.69) is 54.6 Å². The van der Waals surface area contributed by atoms with Crippen molar-refractivity contribution in [3.05, 3.63) is 36.5 Å². The van der Waals surface area contributed by atoms with Crippen LogP contribution in [-0.4, -0.2) is 146 Å². The van der Waals surface area contributed by atoms with E-state index in [1.165, 1.54) is 11.8 Å². The highest BCUT2D eigenvalue weighted by Crippen LogP contribution is 2.38. The summed E-state index contributed by atoms with van der Waals surface area (Å²) in [5.41, 5.74) is 15.8. The maximum Gasteiger partial charge on any atom is 0.528 e. The van der Waals surface area contributed by atoms with Gasteiger partial charge in [-0.3, -0.25) is 34.1 Å². The number of hydrogen-bond donors (Lipinski definition) is 14. The van der Waals surface area contributed by atoms with Crippen LogP contribution in [-0.2, 0) is 27.7 Å². The molecule has 32 nitrogen and oxygen atoms in total. The Kier molecular flexibility index (Phi) is 16.4. The van der Waals surface area contributed by atoms with Crippen molar-refractivity contribution in [3.63, 3.8) is 0 Å². The van der Waals surface area contributed by atoms with Gasteiger partial charge in [0.15, 0.2) is 6.23 Å². The molecule has 3 amide bonds. The molecule has 0 aromatic carbocycles. The molecule has 17 N–H and O–H groups in total. The summed E-state index contributed by atoms with van der Waals surface area (Å²) >= 11 is 0. The van der Waals surface area contributed by atoms with Gasteiger partial charge in [-0.05, 0) is 0 Å². The number of aromatic nitrogens is 9. The molecule has 4 heterocycles. The molecule has 3 aromatic heterocycles. The third-order valence-electron chi connectivity index (χ3n) is 4.69. The molecule has 0 unspecified atom stereocenters. The van der Waals surface area contributed by atoms with E-state index in [1.54, 1.807) is 0 Å². The van der Waals surface area contributed by atoms with E-state index < -0.39 is 82.5 Å². The van der Waals surface area contributed by atoms with Gasteiger partial charge in [-0.2, -0.15) is 10.2 Å². The van der Waals surface area contributed by atoms with E-state index in [1.807, 2.05) is 0 Å². The van der Waals surface area contributed by atoms with Crippen LogP contribution >= 0.6 is 15.6 Å². The number of hydrazone groups is 1. The number of aromatic carboxylic acids is 1. The maximum absolute atomic E-state index is 10.9. The molecule has 34 heteroatoms. The molecule has 0 aliphatic carbocycles. The number of nitrogens with two attached hydrogens (primary N) is 3. The van der Waals surface area contributed by atoms with Crippen molar-refractivity contribution in [2.24, 2.45) is 22.3 Å². The quantitative estimate of drug-likeness (QED) is 0.0416. The molecule has 1 aliphatic rings. The van der Waals surface area contributed by atoms with Crippen molar-refractivity contribution in [1.29, 1.82) is 0 Å². The lowest BCUT2D eigenvalue weighted by atomic mass is 10.1. The largest absolute Gasteiger partial charge is 0.528 e. The van der Waals surface area contributed by atoms with Crippen molar-refractivity contribution >= 4 is 51.3 Å². The van der Waals surface area contributed by atoms with Gasteiger partial charge in [0.2, 0.25) is 23.3 Å². The highest BCUT2D eigenvalue weighted by molar-refractivity contribution is 7.47. The van der Waals surface area contributed by atoms with Crippen LogP contribution < -0.4 is 22.6 Å². The summed E-state index contributed by atoms with van der Waals surface area (Å²) in [5.74, 6) is -5.51. The number of hydrogen-bond acceptors (Lipinski definition) is 19. The first-order chi connectivity index (χ1) is 23.5. The number of nitrogens with zero attached hydrogens (tertiary/aromatic N) is 8.